The van der Waals surface area contributed by atoms with Crippen molar-refractivity contribution in [3.8, 4) is 0 Å². The maximum Gasteiger partial charge on any atom is 0.266 e. The zero-order valence-electron chi connectivity index (χ0n) is 14.7. The predicted octanol–water partition coefficient (Wildman–Crippen LogP) is 4.02. The second-order valence-electron chi connectivity index (χ2n) is 6.67. The summed E-state index contributed by atoms with van der Waals surface area (Å²) in [5, 5.41) is 5.17. The molecule has 2 amide bonds. The summed E-state index contributed by atoms with van der Waals surface area (Å²) in [6.07, 6.45) is 1.68. The van der Waals surface area contributed by atoms with Gasteiger partial charge < -0.3 is 0 Å². The Morgan fingerprint density at radius 3 is 2.32 bits per heavy atom. The summed E-state index contributed by atoms with van der Waals surface area (Å²) >= 11 is 0. The predicted molar refractivity (Wildman–Crippen MR) is 103 cm³/mol. The lowest BCUT2D eigenvalue weighted by Gasteiger charge is -2.14. The highest BCUT2D eigenvalue weighted by Gasteiger charge is 2.36. The zero-order valence-corrected chi connectivity index (χ0v) is 14.7. The number of halogens is 1. The summed E-state index contributed by atoms with van der Waals surface area (Å²) in [6, 6.07) is 18.5. The SMILES string of the molecule is O=C1c2ccccc2C(=O)N1c1ccc2c(cnn2Cc2cccc(F)c2)c1. The molecule has 4 aromatic rings. The van der Waals surface area contributed by atoms with E-state index in [1.165, 1.54) is 17.0 Å². The first-order valence-corrected chi connectivity index (χ1v) is 8.80. The summed E-state index contributed by atoms with van der Waals surface area (Å²) in [5.41, 5.74) is 2.96. The molecule has 1 aromatic heterocycles. The first kappa shape index (κ1) is 16.4. The van der Waals surface area contributed by atoms with Crippen LogP contribution < -0.4 is 4.90 Å². The van der Waals surface area contributed by atoms with Crippen LogP contribution in [0.4, 0.5) is 10.1 Å². The summed E-state index contributed by atoms with van der Waals surface area (Å²) in [5.74, 6) is -0.943. The number of amides is 2. The third kappa shape index (κ3) is 2.50. The molecule has 5 nitrogen and oxygen atoms in total. The molecule has 0 saturated carbocycles. The van der Waals surface area contributed by atoms with Crippen molar-refractivity contribution < 1.29 is 14.0 Å². The smallest absolute Gasteiger partial charge is 0.266 e. The first-order valence-electron chi connectivity index (χ1n) is 8.80. The molecule has 0 N–H and O–H groups in total. The van der Waals surface area contributed by atoms with Crippen LogP contribution in [0, 0.1) is 5.82 Å². The molecule has 5 rings (SSSR count). The molecule has 0 bridgehead atoms. The Kier molecular flexibility index (Phi) is 3.58. The van der Waals surface area contributed by atoms with Gasteiger partial charge >= 0.3 is 0 Å². The largest absolute Gasteiger partial charge is 0.268 e. The number of hydrogen-bond acceptors (Lipinski definition) is 3. The second kappa shape index (κ2) is 6.13. The van der Waals surface area contributed by atoms with Gasteiger partial charge in [-0.15, -0.1) is 0 Å². The molecule has 6 heteroatoms. The number of fused-ring (bicyclic) bond motifs is 2. The molecule has 1 aliphatic heterocycles. The van der Waals surface area contributed by atoms with Gasteiger partial charge in [0.15, 0.2) is 0 Å². The molecule has 0 unspecified atom stereocenters. The first-order chi connectivity index (χ1) is 13.6. The summed E-state index contributed by atoms with van der Waals surface area (Å²) in [4.78, 5) is 26.5. The molecule has 0 radical (unpaired) electrons. The third-order valence-electron chi connectivity index (χ3n) is 4.90. The van der Waals surface area contributed by atoms with Crippen LogP contribution >= 0.6 is 0 Å². The number of benzene rings is 3. The van der Waals surface area contributed by atoms with Crippen molar-refractivity contribution in [2.75, 3.05) is 4.90 Å². The Morgan fingerprint density at radius 2 is 1.61 bits per heavy atom. The van der Waals surface area contributed by atoms with E-state index in [4.69, 9.17) is 0 Å². The molecule has 28 heavy (non-hydrogen) atoms. The summed E-state index contributed by atoms with van der Waals surface area (Å²) < 4.78 is 15.2. The van der Waals surface area contributed by atoms with Gasteiger partial charge in [0.2, 0.25) is 0 Å². The highest BCUT2D eigenvalue weighted by atomic mass is 19.1. The van der Waals surface area contributed by atoms with Gasteiger partial charge in [0.05, 0.1) is 35.1 Å². The van der Waals surface area contributed by atoms with Crippen molar-refractivity contribution in [3.63, 3.8) is 0 Å². The fourth-order valence-electron chi connectivity index (χ4n) is 3.57. The minimum atomic E-state index is -0.327. The van der Waals surface area contributed by atoms with Gasteiger partial charge in [0, 0.05) is 5.39 Å². The van der Waals surface area contributed by atoms with E-state index in [-0.39, 0.29) is 17.6 Å². The lowest BCUT2D eigenvalue weighted by atomic mass is 10.1. The molecule has 0 atom stereocenters. The van der Waals surface area contributed by atoms with Crippen molar-refractivity contribution >= 4 is 28.4 Å². The Bertz CT molecular complexity index is 1230. The van der Waals surface area contributed by atoms with Crippen molar-refractivity contribution in [2.45, 2.75) is 6.54 Å². The summed E-state index contributed by atoms with van der Waals surface area (Å²) in [6.45, 7) is 0.424. The van der Waals surface area contributed by atoms with Crippen LogP contribution in [0.5, 0.6) is 0 Å². The van der Waals surface area contributed by atoms with Crippen LogP contribution in [0.25, 0.3) is 10.9 Å². The Balaban J connectivity index is 1.50. The highest BCUT2D eigenvalue weighted by molar-refractivity contribution is 6.34. The summed E-state index contributed by atoms with van der Waals surface area (Å²) in [7, 11) is 0. The minimum Gasteiger partial charge on any atom is -0.268 e. The van der Waals surface area contributed by atoms with Crippen molar-refractivity contribution in [1.29, 1.82) is 0 Å². The number of hydrogen-bond donors (Lipinski definition) is 0. The van der Waals surface area contributed by atoms with Crippen LogP contribution in [-0.4, -0.2) is 21.6 Å². The van der Waals surface area contributed by atoms with Gasteiger partial charge in [0.25, 0.3) is 11.8 Å². The van der Waals surface area contributed by atoms with Gasteiger partial charge in [0.1, 0.15) is 5.82 Å². The van der Waals surface area contributed by atoms with E-state index in [2.05, 4.69) is 5.10 Å². The molecular weight excluding hydrogens is 357 g/mol. The molecule has 1 aliphatic rings. The average Bonchev–Trinajstić information content (AvgIpc) is 3.21. The lowest BCUT2D eigenvalue weighted by molar-refractivity contribution is 0.0926. The quantitative estimate of drug-likeness (QED) is 0.511. The van der Waals surface area contributed by atoms with Gasteiger partial charge in [-0.3, -0.25) is 14.3 Å². The molecule has 0 saturated heterocycles. The maximum absolute atomic E-state index is 13.4. The monoisotopic (exact) mass is 371 g/mol. The Morgan fingerprint density at radius 1 is 0.857 bits per heavy atom. The minimum absolute atomic E-state index is 0.290. The number of imide groups is 1. The van der Waals surface area contributed by atoms with Crippen molar-refractivity contribution in [1.82, 2.24) is 9.78 Å². The van der Waals surface area contributed by atoms with Crippen LogP contribution in [0.15, 0.2) is 72.9 Å². The molecule has 2 heterocycles. The van der Waals surface area contributed by atoms with Gasteiger partial charge in [-0.2, -0.15) is 5.10 Å². The second-order valence-corrected chi connectivity index (χ2v) is 6.67. The number of nitrogens with zero attached hydrogens (tertiary/aromatic N) is 3. The number of aromatic nitrogens is 2. The maximum atomic E-state index is 13.4. The number of carbonyl (C=O) groups excluding carboxylic acids is 2. The van der Waals surface area contributed by atoms with Crippen molar-refractivity contribution in [3.05, 3.63) is 95.4 Å². The molecular formula is C22H14FN3O2. The van der Waals surface area contributed by atoms with E-state index in [9.17, 15) is 14.0 Å². The van der Waals surface area contributed by atoms with Gasteiger partial charge in [-0.1, -0.05) is 24.3 Å². The molecule has 0 spiro atoms. The number of carbonyl (C=O) groups is 2. The van der Waals surface area contributed by atoms with E-state index in [1.807, 2.05) is 12.1 Å². The lowest BCUT2D eigenvalue weighted by Crippen LogP contribution is -2.29. The standard InChI is InChI=1S/C22H14FN3O2/c23-16-5-3-4-14(10-16)13-25-20-9-8-17(11-15(20)12-24-25)26-21(27)18-6-1-2-7-19(18)22(26)28/h1-12H,13H2. The normalized spacial score (nSPS) is 13.4. The van der Waals surface area contributed by atoms with Crippen LogP contribution in [0.2, 0.25) is 0 Å². The van der Waals surface area contributed by atoms with Crippen LogP contribution in [0.1, 0.15) is 26.3 Å². The fourth-order valence-corrected chi connectivity index (χ4v) is 3.57. The van der Waals surface area contributed by atoms with E-state index >= 15 is 0 Å². The van der Waals surface area contributed by atoms with Crippen molar-refractivity contribution in [2.24, 2.45) is 0 Å². The molecule has 0 aliphatic carbocycles. The van der Waals surface area contributed by atoms with E-state index in [0.29, 0.717) is 23.4 Å². The zero-order chi connectivity index (χ0) is 19.3. The topological polar surface area (TPSA) is 55.2 Å². The molecule has 3 aromatic carbocycles. The van der Waals surface area contributed by atoms with E-state index < -0.39 is 0 Å². The van der Waals surface area contributed by atoms with E-state index in [0.717, 1.165) is 16.5 Å². The van der Waals surface area contributed by atoms with Crippen LogP contribution in [-0.2, 0) is 6.54 Å². The average molecular weight is 371 g/mol. The number of anilines is 1. The Labute approximate surface area is 159 Å². The number of rotatable bonds is 3. The van der Waals surface area contributed by atoms with E-state index in [1.54, 1.807) is 53.3 Å². The Hall–Kier alpha value is -3.80. The van der Waals surface area contributed by atoms with Crippen LogP contribution in [0.3, 0.4) is 0 Å². The third-order valence-corrected chi connectivity index (χ3v) is 4.90. The molecule has 0 fully saturated rings. The fraction of sp³-hybridized carbons (Fsp3) is 0.0455. The molecule has 136 valence electrons. The highest BCUT2D eigenvalue weighted by Crippen LogP contribution is 2.30. The van der Waals surface area contributed by atoms with Gasteiger partial charge in [-0.05, 0) is 48.0 Å². The van der Waals surface area contributed by atoms with Gasteiger partial charge in [-0.25, -0.2) is 9.29 Å².